The first kappa shape index (κ1) is 9.16. The van der Waals surface area contributed by atoms with Crippen LogP contribution in [0.2, 0.25) is 0 Å². The van der Waals surface area contributed by atoms with Gasteiger partial charge in [-0.2, -0.15) is 0 Å². The molecule has 0 bridgehead atoms. The van der Waals surface area contributed by atoms with E-state index in [1.54, 1.807) is 0 Å². The maximum absolute atomic E-state index is 12.5. The van der Waals surface area contributed by atoms with Crippen molar-refractivity contribution in [3.8, 4) is 0 Å². The highest BCUT2D eigenvalue weighted by molar-refractivity contribution is 9.10. The summed E-state index contributed by atoms with van der Waals surface area (Å²) in [7, 11) is 0. The van der Waals surface area contributed by atoms with Gasteiger partial charge in [0, 0.05) is 24.1 Å². The van der Waals surface area contributed by atoms with E-state index in [-0.39, 0.29) is 0 Å². The fourth-order valence-electron chi connectivity index (χ4n) is 1.53. The monoisotopic (exact) mass is 243 g/mol. The SMILES string of the molecule is FC1CN(Cc2cccc(Br)c2)C1. The molecule has 0 N–H and O–H groups in total. The summed E-state index contributed by atoms with van der Waals surface area (Å²) in [5, 5.41) is 0. The van der Waals surface area contributed by atoms with Crippen LogP contribution in [0.3, 0.4) is 0 Å². The van der Waals surface area contributed by atoms with Crippen molar-refractivity contribution in [1.82, 2.24) is 4.90 Å². The molecule has 70 valence electrons. The molecule has 0 spiro atoms. The van der Waals surface area contributed by atoms with Gasteiger partial charge in [-0.1, -0.05) is 28.1 Å². The average Bonchev–Trinajstić information content (AvgIpc) is 2.01. The molecule has 1 aromatic rings. The predicted molar refractivity (Wildman–Crippen MR) is 54.3 cm³/mol. The lowest BCUT2D eigenvalue weighted by Crippen LogP contribution is -2.47. The minimum atomic E-state index is -0.604. The molecule has 2 rings (SSSR count). The zero-order valence-corrected chi connectivity index (χ0v) is 8.80. The third kappa shape index (κ3) is 2.29. The second-order valence-corrected chi connectivity index (χ2v) is 4.34. The maximum atomic E-state index is 12.5. The molecule has 1 aliphatic rings. The van der Waals surface area contributed by atoms with Gasteiger partial charge >= 0.3 is 0 Å². The van der Waals surface area contributed by atoms with E-state index >= 15 is 0 Å². The van der Waals surface area contributed by atoms with Gasteiger partial charge in [-0.25, -0.2) is 4.39 Å². The normalized spacial score (nSPS) is 18.6. The van der Waals surface area contributed by atoms with E-state index in [4.69, 9.17) is 0 Å². The van der Waals surface area contributed by atoms with Crippen LogP contribution in [0.25, 0.3) is 0 Å². The van der Waals surface area contributed by atoms with Gasteiger partial charge in [0.05, 0.1) is 0 Å². The van der Waals surface area contributed by atoms with Crippen LogP contribution in [-0.4, -0.2) is 24.2 Å². The molecule has 1 aliphatic heterocycles. The standard InChI is InChI=1S/C10H11BrFN/c11-9-3-1-2-8(4-9)5-13-6-10(12)7-13/h1-4,10H,5-7H2. The Kier molecular flexibility index (Phi) is 2.65. The Morgan fingerprint density at radius 2 is 2.23 bits per heavy atom. The highest BCUT2D eigenvalue weighted by Crippen LogP contribution is 2.17. The lowest BCUT2D eigenvalue weighted by molar-refractivity contribution is 0.0591. The van der Waals surface area contributed by atoms with E-state index in [2.05, 4.69) is 33.0 Å². The third-order valence-electron chi connectivity index (χ3n) is 2.21. The summed E-state index contributed by atoms with van der Waals surface area (Å²) < 4.78 is 13.6. The Morgan fingerprint density at radius 3 is 2.85 bits per heavy atom. The van der Waals surface area contributed by atoms with E-state index in [0.29, 0.717) is 13.1 Å². The van der Waals surface area contributed by atoms with Gasteiger partial charge < -0.3 is 0 Å². The lowest BCUT2D eigenvalue weighted by Gasteiger charge is -2.34. The number of benzene rings is 1. The van der Waals surface area contributed by atoms with Gasteiger partial charge in [-0.05, 0) is 17.7 Å². The van der Waals surface area contributed by atoms with Gasteiger partial charge in [0.15, 0.2) is 0 Å². The third-order valence-corrected chi connectivity index (χ3v) is 2.70. The Balaban J connectivity index is 1.94. The van der Waals surface area contributed by atoms with Gasteiger partial charge in [0.2, 0.25) is 0 Å². The van der Waals surface area contributed by atoms with Crippen LogP contribution in [-0.2, 0) is 6.54 Å². The van der Waals surface area contributed by atoms with Crippen molar-refractivity contribution in [2.45, 2.75) is 12.7 Å². The lowest BCUT2D eigenvalue weighted by atomic mass is 10.1. The Hall–Kier alpha value is -0.410. The second kappa shape index (κ2) is 3.76. The van der Waals surface area contributed by atoms with Crippen molar-refractivity contribution < 1.29 is 4.39 Å². The first-order valence-electron chi connectivity index (χ1n) is 4.35. The molecule has 1 nitrogen and oxygen atoms in total. The fourth-order valence-corrected chi connectivity index (χ4v) is 1.98. The number of hydrogen-bond donors (Lipinski definition) is 0. The van der Waals surface area contributed by atoms with E-state index in [1.165, 1.54) is 5.56 Å². The average molecular weight is 244 g/mol. The van der Waals surface area contributed by atoms with E-state index in [1.807, 2.05) is 12.1 Å². The van der Waals surface area contributed by atoms with Gasteiger partial charge in [-0.3, -0.25) is 4.90 Å². The molecule has 3 heteroatoms. The van der Waals surface area contributed by atoms with Crippen LogP contribution in [0.1, 0.15) is 5.56 Å². The molecule has 0 amide bonds. The molecule has 1 aromatic carbocycles. The minimum absolute atomic E-state index is 0.590. The van der Waals surface area contributed by atoms with E-state index in [9.17, 15) is 4.39 Å². The number of halogens is 2. The zero-order valence-electron chi connectivity index (χ0n) is 7.21. The van der Waals surface area contributed by atoms with Gasteiger partial charge in [-0.15, -0.1) is 0 Å². The van der Waals surface area contributed by atoms with E-state index in [0.717, 1.165) is 11.0 Å². The Labute approximate surface area is 85.7 Å². The molecule has 13 heavy (non-hydrogen) atoms. The minimum Gasteiger partial charge on any atom is -0.293 e. The second-order valence-electron chi connectivity index (χ2n) is 3.42. The number of hydrogen-bond acceptors (Lipinski definition) is 1. The number of alkyl halides is 1. The summed E-state index contributed by atoms with van der Waals surface area (Å²) >= 11 is 3.41. The van der Waals surface area contributed by atoms with Crippen molar-refractivity contribution >= 4 is 15.9 Å². The topological polar surface area (TPSA) is 3.24 Å². The summed E-state index contributed by atoms with van der Waals surface area (Å²) in [5.41, 5.74) is 1.24. The van der Waals surface area contributed by atoms with Crippen LogP contribution in [0.15, 0.2) is 28.7 Å². The van der Waals surface area contributed by atoms with Crippen LogP contribution in [0.5, 0.6) is 0 Å². The van der Waals surface area contributed by atoms with Crippen LogP contribution >= 0.6 is 15.9 Å². The van der Waals surface area contributed by atoms with Gasteiger partial charge in [0.1, 0.15) is 6.17 Å². The maximum Gasteiger partial charge on any atom is 0.125 e. The van der Waals surface area contributed by atoms with Crippen molar-refractivity contribution in [1.29, 1.82) is 0 Å². The summed E-state index contributed by atoms with van der Waals surface area (Å²) in [6, 6.07) is 8.14. The molecule has 1 fully saturated rings. The number of likely N-dealkylation sites (tertiary alicyclic amines) is 1. The smallest absolute Gasteiger partial charge is 0.125 e. The van der Waals surface area contributed by atoms with Crippen LogP contribution in [0, 0.1) is 0 Å². The zero-order chi connectivity index (χ0) is 9.26. The van der Waals surface area contributed by atoms with Crippen LogP contribution in [0.4, 0.5) is 4.39 Å². The van der Waals surface area contributed by atoms with Crippen molar-refractivity contribution in [2.24, 2.45) is 0 Å². The van der Waals surface area contributed by atoms with Crippen molar-refractivity contribution in [2.75, 3.05) is 13.1 Å². The molecule has 1 heterocycles. The molecular weight excluding hydrogens is 233 g/mol. The predicted octanol–water partition coefficient (Wildman–Crippen LogP) is 2.60. The fraction of sp³-hybridized carbons (Fsp3) is 0.400. The first-order chi connectivity index (χ1) is 6.24. The highest BCUT2D eigenvalue weighted by atomic mass is 79.9. The van der Waals surface area contributed by atoms with Gasteiger partial charge in [0.25, 0.3) is 0 Å². The Morgan fingerprint density at radius 1 is 1.46 bits per heavy atom. The summed E-state index contributed by atoms with van der Waals surface area (Å²) in [6.45, 7) is 2.04. The molecule has 0 aromatic heterocycles. The van der Waals surface area contributed by atoms with Crippen LogP contribution < -0.4 is 0 Å². The number of nitrogens with zero attached hydrogens (tertiary/aromatic N) is 1. The summed E-state index contributed by atoms with van der Waals surface area (Å²) in [4.78, 5) is 2.10. The van der Waals surface area contributed by atoms with E-state index < -0.39 is 6.17 Å². The molecule has 0 atom stereocenters. The molecule has 0 unspecified atom stereocenters. The quantitative estimate of drug-likeness (QED) is 0.772. The largest absolute Gasteiger partial charge is 0.293 e. The molecule has 0 radical (unpaired) electrons. The summed E-state index contributed by atoms with van der Waals surface area (Å²) in [6.07, 6.45) is -0.604. The van der Waals surface area contributed by atoms with Crippen molar-refractivity contribution in [3.05, 3.63) is 34.3 Å². The molecule has 0 aliphatic carbocycles. The Bertz CT molecular complexity index is 297. The molecular formula is C10H11BrFN. The highest BCUT2D eigenvalue weighted by Gasteiger charge is 2.25. The summed E-state index contributed by atoms with van der Waals surface area (Å²) in [5.74, 6) is 0. The van der Waals surface area contributed by atoms with Crippen molar-refractivity contribution in [3.63, 3.8) is 0 Å². The molecule has 1 saturated heterocycles. The first-order valence-corrected chi connectivity index (χ1v) is 5.14. The number of rotatable bonds is 2. The molecule has 0 saturated carbocycles.